The summed E-state index contributed by atoms with van der Waals surface area (Å²) in [5.74, 6) is 0.458. The molecule has 2 aromatic carbocycles. The van der Waals surface area contributed by atoms with Crippen molar-refractivity contribution in [3.8, 4) is 11.5 Å². The van der Waals surface area contributed by atoms with E-state index in [9.17, 15) is 9.18 Å². The van der Waals surface area contributed by atoms with Gasteiger partial charge in [0.1, 0.15) is 17.3 Å². The highest BCUT2D eigenvalue weighted by atomic mass is 35.5. The first-order valence-corrected chi connectivity index (χ1v) is 6.24. The maximum Gasteiger partial charge on any atom is 0.162 e. The first kappa shape index (κ1) is 13.6. The molecular weight excluding hydrogens is 267 g/mol. The maximum atomic E-state index is 12.9. The number of Topliss-reactive ketones (excluding diaryl/α,β-unsaturated/α-hetero) is 1. The van der Waals surface area contributed by atoms with Crippen LogP contribution in [0.3, 0.4) is 0 Å². The summed E-state index contributed by atoms with van der Waals surface area (Å²) in [6.45, 7) is 1.80. The molecule has 2 nitrogen and oxygen atoms in total. The first-order valence-electron chi connectivity index (χ1n) is 5.86. The largest absolute Gasteiger partial charge is 0.456 e. The Bertz CT molecular complexity index is 611. The SMILES string of the molecule is CCC(=O)c1cccc(Oc2ccc(F)cc2Cl)c1. The quantitative estimate of drug-likeness (QED) is 0.746. The van der Waals surface area contributed by atoms with E-state index in [2.05, 4.69) is 0 Å². The van der Waals surface area contributed by atoms with Crippen molar-refractivity contribution >= 4 is 17.4 Å². The summed E-state index contributed by atoms with van der Waals surface area (Å²) in [7, 11) is 0. The van der Waals surface area contributed by atoms with E-state index < -0.39 is 5.82 Å². The highest BCUT2D eigenvalue weighted by molar-refractivity contribution is 6.32. The second kappa shape index (κ2) is 5.85. The molecule has 4 heteroatoms. The van der Waals surface area contributed by atoms with Crippen molar-refractivity contribution < 1.29 is 13.9 Å². The predicted octanol–water partition coefficient (Wildman–Crippen LogP) is 4.86. The van der Waals surface area contributed by atoms with Crippen LogP contribution in [0.5, 0.6) is 11.5 Å². The Labute approximate surface area is 115 Å². The maximum absolute atomic E-state index is 12.9. The van der Waals surface area contributed by atoms with Crippen molar-refractivity contribution in [2.45, 2.75) is 13.3 Å². The lowest BCUT2D eigenvalue weighted by Crippen LogP contribution is -1.96. The summed E-state index contributed by atoms with van der Waals surface area (Å²) < 4.78 is 18.5. The van der Waals surface area contributed by atoms with Crippen molar-refractivity contribution in [1.29, 1.82) is 0 Å². The molecule has 19 heavy (non-hydrogen) atoms. The first-order chi connectivity index (χ1) is 9.10. The minimum Gasteiger partial charge on any atom is -0.456 e. The monoisotopic (exact) mass is 278 g/mol. The standard InChI is InChI=1S/C15H12ClFO2/c1-2-14(18)10-4-3-5-12(8-10)19-15-7-6-11(17)9-13(15)16/h3-9H,2H2,1H3. The van der Waals surface area contributed by atoms with Crippen molar-refractivity contribution in [2.75, 3.05) is 0 Å². The Balaban J connectivity index is 2.26. The van der Waals surface area contributed by atoms with Gasteiger partial charge in [-0.25, -0.2) is 4.39 Å². The molecule has 2 aromatic rings. The van der Waals surface area contributed by atoms with Crippen molar-refractivity contribution in [3.63, 3.8) is 0 Å². The molecule has 0 saturated carbocycles. The molecule has 98 valence electrons. The Morgan fingerprint density at radius 2 is 2.05 bits per heavy atom. The zero-order valence-electron chi connectivity index (χ0n) is 10.3. The van der Waals surface area contributed by atoms with Gasteiger partial charge >= 0.3 is 0 Å². The van der Waals surface area contributed by atoms with E-state index in [1.165, 1.54) is 18.2 Å². The third-order valence-electron chi connectivity index (χ3n) is 2.60. The highest BCUT2D eigenvalue weighted by Gasteiger charge is 2.07. The predicted molar refractivity (Wildman–Crippen MR) is 72.5 cm³/mol. The van der Waals surface area contributed by atoms with Crippen LogP contribution in [0, 0.1) is 5.82 Å². The molecule has 0 radical (unpaired) electrons. The fourth-order valence-corrected chi connectivity index (χ4v) is 1.83. The minimum atomic E-state index is -0.424. The zero-order chi connectivity index (χ0) is 13.8. The molecule has 0 saturated heterocycles. The van der Waals surface area contributed by atoms with Gasteiger partial charge in [-0.3, -0.25) is 4.79 Å². The van der Waals surface area contributed by atoms with Crippen LogP contribution >= 0.6 is 11.6 Å². The molecule has 2 rings (SSSR count). The number of halogens is 2. The second-order valence-electron chi connectivity index (χ2n) is 3.98. The molecule has 0 aliphatic carbocycles. The molecule has 0 spiro atoms. The normalized spacial score (nSPS) is 10.3. The van der Waals surface area contributed by atoms with E-state index in [1.54, 1.807) is 31.2 Å². The lowest BCUT2D eigenvalue weighted by Gasteiger charge is -2.08. The van der Waals surface area contributed by atoms with Crippen LogP contribution in [0.4, 0.5) is 4.39 Å². The fourth-order valence-electron chi connectivity index (χ4n) is 1.62. The van der Waals surface area contributed by atoms with Gasteiger partial charge in [0.15, 0.2) is 5.78 Å². The van der Waals surface area contributed by atoms with Crippen LogP contribution in [-0.2, 0) is 0 Å². The number of carbonyl (C=O) groups is 1. The molecule has 0 aliphatic rings. The van der Waals surface area contributed by atoms with Crippen LogP contribution in [-0.4, -0.2) is 5.78 Å². The second-order valence-corrected chi connectivity index (χ2v) is 4.39. The Morgan fingerprint density at radius 3 is 2.74 bits per heavy atom. The number of hydrogen-bond acceptors (Lipinski definition) is 2. The molecule has 0 N–H and O–H groups in total. The average molecular weight is 279 g/mol. The Hall–Kier alpha value is -1.87. The summed E-state index contributed by atoms with van der Waals surface area (Å²) in [4.78, 5) is 11.6. The highest BCUT2D eigenvalue weighted by Crippen LogP contribution is 2.30. The summed E-state index contributed by atoms with van der Waals surface area (Å²) in [5, 5.41) is 0.187. The van der Waals surface area contributed by atoms with Gasteiger partial charge in [-0.2, -0.15) is 0 Å². The van der Waals surface area contributed by atoms with Gasteiger partial charge in [-0.05, 0) is 30.3 Å². The van der Waals surface area contributed by atoms with E-state index in [0.29, 0.717) is 23.5 Å². The van der Waals surface area contributed by atoms with E-state index in [1.807, 2.05) is 0 Å². The van der Waals surface area contributed by atoms with E-state index in [0.717, 1.165) is 0 Å². The van der Waals surface area contributed by atoms with E-state index >= 15 is 0 Å². The Morgan fingerprint density at radius 1 is 1.26 bits per heavy atom. The van der Waals surface area contributed by atoms with Crippen LogP contribution in [0.2, 0.25) is 5.02 Å². The van der Waals surface area contributed by atoms with Crippen molar-refractivity contribution in [1.82, 2.24) is 0 Å². The molecular formula is C15H12ClFO2. The van der Waals surface area contributed by atoms with Gasteiger partial charge in [0.25, 0.3) is 0 Å². The minimum absolute atomic E-state index is 0.0376. The molecule has 0 atom stereocenters. The van der Waals surface area contributed by atoms with Gasteiger partial charge in [-0.15, -0.1) is 0 Å². The summed E-state index contributed by atoms with van der Waals surface area (Å²) >= 11 is 5.88. The van der Waals surface area contributed by atoms with Crippen LogP contribution in [0.1, 0.15) is 23.7 Å². The van der Waals surface area contributed by atoms with Crippen molar-refractivity contribution in [3.05, 3.63) is 58.9 Å². The third-order valence-corrected chi connectivity index (χ3v) is 2.89. The molecule has 0 amide bonds. The van der Waals surface area contributed by atoms with Crippen LogP contribution in [0.25, 0.3) is 0 Å². The molecule has 0 aromatic heterocycles. The van der Waals surface area contributed by atoms with Gasteiger partial charge in [-0.1, -0.05) is 30.7 Å². The number of ketones is 1. The summed E-state index contributed by atoms with van der Waals surface area (Å²) in [6.07, 6.45) is 0.431. The van der Waals surface area contributed by atoms with Gasteiger partial charge in [0.05, 0.1) is 5.02 Å². The number of carbonyl (C=O) groups excluding carboxylic acids is 1. The molecule has 0 aliphatic heterocycles. The summed E-state index contributed by atoms with van der Waals surface area (Å²) in [5.41, 5.74) is 0.582. The third kappa shape index (κ3) is 3.32. The number of benzene rings is 2. The van der Waals surface area contributed by atoms with Crippen molar-refractivity contribution in [2.24, 2.45) is 0 Å². The molecule has 0 fully saturated rings. The average Bonchev–Trinajstić information content (AvgIpc) is 2.41. The van der Waals surface area contributed by atoms with Gasteiger partial charge < -0.3 is 4.74 Å². The Kier molecular flexibility index (Phi) is 4.17. The lowest BCUT2D eigenvalue weighted by molar-refractivity contribution is 0.0988. The molecule has 0 heterocycles. The van der Waals surface area contributed by atoms with Crippen LogP contribution < -0.4 is 4.74 Å². The number of rotatable bonds is 4. The smallest absolute Gasteiger partial charge is 0.162 e. The molecule has 0 bridgehead atoms. The number of hydrogen-bond donors (Lipinski definition) is 0. The zero-order valence-corrected chi connectivity index (χ0v) is 11.1. The fraction of sp³-hybridized carbons (Fsp3) is 0.133. The summed E-state index contributed by atoms with van der Waals surface area (Å²) in [6, 6.07) is 10.7. The van der Waals surface area contributed by atoms with E-state index in [-0.39, 0.29) is 10.8 Å². The lowest BCUT2D eigenvalue weighted by atomic mass is 10.1. The number of ether oxygens (including phenoxy) is 1. The van der Waals surface area contributed by atoms with E-state index in [4.69, 9.17) is 16.3 Å². The molecule has 0 unspecified atom stereocenters. The van der Waals surface area contributed by atoms with Crippen LogP contribution in [0.15, 0.2) is 42.5 Å². The van der Waals surface area contributed by atoms with Gasteiger partial charge in [0, 0.05) is 12.0 Å². The topological polar surface area (TPSA) is 26.3 Å². The van der Waals surface area contributed by atoms with Gasteiger partial charge in [0.2, 0.25) is 0 Å².